The molecule has 2 N–H and O–H groups in total. The number of carbonyl (C=O) groups is 2. The van der Waals surface area contributed by atoms with Crippen LogP contribution in [-0.4, -0.2) is 36.0 Å². The lowest BCUT2D eigenvalue weighted by Crippen LogP contribution is -2.48. The molecule has 1 unspecified atom stereocenters. The maximum absolute atomic E-state index is 12.4. The molecular weight excluding hydrogens is 302 g/mol. The number of hydrogen-bond donors (Lipinski definition) is 2. The number of nitrogens with one attached hydrogen (secondary N) is 2. The highest BCUT2D eigenvalue weighted by Gasteiger charge is 2.38. The third kappa shape index (κ3) is 2.87. The van der Waals surface area contributed by atoms with Gasteiger partial charge < -0.3 is 15.5 Å². The van der Waals surface area contributed by atoms with Gasteiger partial charge in [0, 0.05) is 24.8 Å². The van der Waals surface area contributed by atoms with Crippen LogP contribution in [0.4, 0.5) is 10.5 Å². The number of piperidine rings is 1. The van der Waals surface area contributed by atoms with Gasteiger partial charge in [-0.2, -0.15) is 0 Å². The smallest absolute Gasteiger partial charge is 0.317 e. The maximum Gasteiger partial charge on any atom is 0.317 e. The number of para-hydroxylation sites is 1. The van der Waals surface area contributed by atoms with E-state index in [1.165, 1.54) is 12.8 Å². The van der Waals surface area contributed by atoms with E-state index >= 15 is 0 Å². The SMILES string of the molecule is O=C1Nc2ccccc2C1C1CCN(C(=O)NC2CCCC2)CC1. The van der Waals surface area contributed by atoms with Crippen molar-refractivity contribution >= 4 is 17.6 Å². The summed E-state index contributed by atoms with van der Waals surface area (Å²) in [5.41, 5.74) is 2.07. The minimum absolute atomic E-state index is 0.0544. The van der Waals surface area contributed by atoms with Crippen LogP contribution in [-0.2, 0) is 4.79 Å². The van der Waals surface area contributed by atoms with Crippen molar-refractivity contribution in [3.05, 3.63) is 29.8 Å². The third-order valence-corrected chi connectivity index (χ3v) is 5.82. The van der Waals surface area contributed by atoms with E-state index in [0.29, 0.717) is 12.0 Å². The summed E-state index contributed by atoms with van der Waals surface area (Å²) in [6.45, 7) is 1.49. The number of benzene rings is 1. The Hall–Kier alpha value is -2.04. The zero-order valence-corrected chi connectivity index (χ0v) is 14.0. The number of rotatable bonds is 2. The van der Waals surface area contributed by atoms with Crippen LogP contribution in [0.25, 0.3) is 0 Å². The molecule has 5 heteroatoms. The van der Waals surface area contributed by atoms with Crippen LogP contribution in [0.5, 0.6) is 0 Å². The second-order valence-electron chi connectivity index (χ2n) is 7.31. The van der Waals surface area contributed by atoms with Crippen LogP contribution in [0.2, 0.25) is 0 Å². The van der Waals surface area contributed by atoms with Crippen molar-refractivity contribution in [2.75, 3.05) is 18.4 Å². The molecule has 2 aliphatic heterocycles. The number of amides is 3. The molecule has 1 atom stereocenters. The van der Waals surface area contributed by atoms with Gasteiger partial charge in [0.1, 0.15) is 0 Å². The van der Waals surface area contributed by atoms with Crippen molar-refractivity contribution in [2.45, 2.75) is 50.5 Å². The first-order valence-electron chi connectivity index (χ1n) is 9.17. The normalized spacial score (nSPS) is 24.8. The molecule has 4 rings (SSSR count). The van der Waals surface area contributed by atoms with Crippen LogP contribution < -0.4 is 10.6 Å². The van der Waals surface area contributed by atoms with E-state index in [9.17, 15) is 9.59 Å². The van der Waals surface area contributed by atoms with Crippen molar-refractivity contribution in [2.24, 2.45) is 5.92 Å². The van der Waals surface area contributed by atoms with Crippen molar-refractivity contribution in [3.8, 4) is 0 Å². The Morgan fingerprint density at radius 2 is 1.79 bits per heavy atom. The van der Waals surface area contributed by atoms with E-state index in [1.54, 1.807) is 0 Å². The molecule has 5 nitrogen and oxygen atoms in total. The molecule has 0 bridgehead atoms. The third-order valence-electron chi connectivity index (χ3n) is 5.82. The number of carbonyl (C=O) groups excluding carboxylic acids is 2. The Kier molecular flexibility index (Phi) is 4.17. The first-order chi connectivity index (χ1) is 11.7. The molecule has 0 spiro atoms. The van der Waals surface area contributed by atoms with Crippen molar-refractivity contribution in [1.82, 2.24) is 10.2 Å². The van der Waals surface area contributed by atoms with Gasteiger partial charge in [-0.05, 0) is 43.2 Å². The molecule has 24 heavy (non-hydrogen) atoms. The fraction of sp³-hybridized carbons (Fsp3) is 0.579. The van der Waals surface area contributed by atoms with Crippen LogP contribution in [0.15, 0.2) is 24.3 Å². The highest BCUT2D eigenvalue weighted by molar-refractivity contribution is 6.03. The number of hydrogen-bond acceptors (Lipinski definition) is 2. The summed E-state index contributed by atoms with van der Waals surface area (Å²) in [5, 5.41) is 6.16. The zero-order chi connectivity index (χ0) is 16.5. The van der Waals surface area contributed by atoms with Crippen molar-refractivity contribution < 1.29 is 9.59 Å². The lowest BCUT2D eigenvalue weighted by Gasteiger charge is -2.34. The number of likely N-dealkylation sites (tertiary alicyclic amines) is 1. The van der Waals surface area contributed by atoms with E-state index in [0.717, 1.165) is 50.0 Å². The molecule has 128 valence electrons. The Bertz CT molecular complexity index is 631. The van der Waals surface area contributed by atoms with Gasteiger partial charge in [-0.3, -0.25) is 4.79 Å². The number of fused-ring (bicyclic) bond motifs is 1. The molecule has 0 radical (unpaired) electrons. The molecule has 1 aromatic rings. The monoisotopic (exact) mass is 327 g/mol. The maximum atomic E-state index is 12.4. The molecule has 3 aliphatic rings. The highest BCUT2D eigenvalue weighted by Crippen LogP contribution is 2.41. The van der Waals surface area contributed by atoms with Crippen molar-refractivity contribution in [3.63, 3.8) is 0 Å². The number of urea groups is 1. The second-order valence-corrected chi connectivity index (χ2v) is 7.31. The molecule has 3 amide bonds. The highest BCUT2D eigenvalue weighted by atomic mass is 16.2. The number of anilines is 1. The van der Waals surface area contributed by atoms with E-state index < -0.39 is 0 Å². The molecule has 1 aliphatic carbocycles. The van der Waals surface area contributed by atoms with Crippen LogP contribution >= 0.6 is 0 Å². The van der Waals surface area contributed by atoms with Gasteiger partial charge in [0.2, 0.25) is 5.91 Å². The largest absolute Gasteiger partial charge is 0.335 e. The summed E-state index contributed by atoms with van der Waals surface area (Å²) in [7, 11) is 0. The van der Waals surface area contributed by atoms with Gasteiger partial charge in [0.15, 0.2) is 0 Å². The predicted octanol–water partition coefficient (Wildman–Crippen LogP) is 3.09. The minimum atomic E-state index is -0.0544. The van der Waals surface area contributed by atoms with Crippen LogP contribution in [0.1, 0.15) is 50.0 Å². The van der Waals surface area contributed by atoms with Gasteiger partial charge in [-0.15, -0.1) is 0 Å². The summed E-state index contributed by atoms with van der Waals surface area (Å²) in [6.07, 6.45) is 6.46. The van der Waals surface area contributed by atoms with E-state index in [-0.39, 0.29) is 17.9 Å². The number of nitrogens with zero attached hydrogens (tertiary/aromatic N) is 1. The molecule has 1 aromatic carbocycles. The molecule has 2 fully saturated rings. The average molecular weight is 327 g/mol. The Morgan fingerprint density at radius 3 is 2.54 bits per heavy atom. The minimum Gasteiger partial charge on any atom is -0.335 e. The quantitative estimate of drug-likeness (QED) is 0.877. The van der Waals surface area contributed by atoms with Gasteiger partial charge in [-0.1, -0.05) is 31.0 Å². The Labute approximate surface area is 142 Å². The van der Waals surface area contributed by atoms with E-state index in [2.05, 4.69) is 16.7 Å². The fourth-order valence-electron chi connectivity index (χ4n) is 4.47. The van der Waals surface area contributed by atoms with Gasteiger partial charge in [-0.25, -0.2) is 4.79 Å². The zero-order valence-electron chi connectivity index (χ0n) is 14.0. The topological polar surface area (TPSA) is 61.4 Å². The lowest BCUT2D eigenvalue weighted by molar-refractivity contribution is -0.118. The second kappa shape index (κ2) is 6.46. The van der Waals surface area contributed by atoms with Crippen molar-refractivity contribution in [1.29, 1.82) is 0 Å². The molecule has 2 heterocycles. The first kappa shape index (κ1) is 15.5. The molecule has 1 saturated heterocycles. The van der Waals surface area contributed by atoms with E-state index in [1.807, 2.05) is 23.1 Å². The standard InChI is InChI=1S/C19H25N3O2/c23-18-17(15-7-3-4-8-16(15)21-18)13-9-11-22(12-10-13)19(24)20-14-5-1-2-6-14/h3-4,7-8,13-14,17H,1-2,5-6,9-12H2,(H,20,24)(H,21,23). The Balaban J connectivity index is 1.36. The predicted molar refractivity (Wildman–Crippen MR) is 92.9 cm³/mol. The summed E-state index contributed by atoms with van der Waals surface area (Å²) in [4.78, 5) is 26.7. The molecule has 0 aromatic heterocycles. The lowest BCUT2D eigenvalue weighted by atomic mass is 9.81. The van der Waals surface area contributed by atoms with Gasteiger partial charge >= 0.3 is 6.03 Å². The van der Waals surface area contributed by atoms with Crippen LogP contribution in [0.3, 0.4) is 0 Å². The molecular formula is C19H25N3O2. The average Bonchev–Trinajstić information content (AvgIpc) is 3.21. The summed E-state index contributed by atoms with van der Waals surface area (Å²) >= 11 is 0. The summed E-state index contributed by atoms with van der Waals surface area (Å²) in [5.74, 6) is 0.385. The first-order valence-corrected chi connectivity index (χ1v) is 9.17. The van der Waals surface area contributed by atoms with E-state index in [4.69, 9.17) is 0 Å². The summed E-state index contributed by atoms with van der Waals surface area (Å²) in [6, 6.07) is 8.42. The van der Waals surface area contributed by atoms with Crippen LogP contribution in [0, 0.1) is 5.92 Å². The molecule has 1 saturated carbocycles. The van der Waals surface area contributed by atoms with Gasteiger partial charge in [0.25, 0.3) is 0 Å². The Morgan fingerprint density at radius 1 is 1.08 bits per heavy atom. The summed E-state index contributed by atoms with van der Waals surface area (Å²) < 4.78 is 0. The fourth-order valence-corrected chi connectivity index (χ4v) is 4.47. The van der Waals surface area contributed by atoms with Gasteiger partial charge in [0.05, 0.1) is 5.92 Å².